The minimum absolute atomic E-state index is 0.0520. The maximum atomic E-state index is 12.4. The predicted octanol–water partition coefficient (Wildman–Crippen LogP) is 2.61. The van der Waals surface area contributed by atoms with Gasteiger partial charge in [-0.25, -0.2) is 4.98 Å². The fraction of sp³-hybridized carbons (Fsp3) is 0.353. The molecule has 0 radical (unpaired) electrons. The first-order valence-corrected chi connectivity index (χ1v) is 7.83. The van der Waals surface area contributed by atoms with Crippen LogP contribution in [-0.4, -0.2) is 44.1 Å². The summed E-state index contributed by atoms with van der Waals surface area (Å²) in [5.74, 6) is 0.846. The molecule has 0 fully saturated rings. The SMILES string of the molecule is CCN(CCc1nc2ccc(C)cc2[nH]1)C(=O)c1cc(C)[nH]n1. The number of aromatic nitrogens is 4. The van der Waals surface area contributed by atoms with Crippen LogP contribution >= 0.6 is 0 Å². The Labute approximate surface area is 134 Å². The van der Waals surface area contributed by atoms with Gasteiger partial charge in [-0.1, -0.05) is 6.07 Å². The van der Waals surface area contributed by atoms with Gasteiger partial charge in [0.2, 0.25) is 0 Å². The third-order valence-corrected chi connectivity index (χ3v) is 3.90. The topological polar surface area (TPSA) is 77.7 Å². The first-order chi connectivity index (χ1) is 11.1. The van der Waals surface area contributed by atoms with Gasteiger partial charge in [-0.2, -0.15) is 5.10 Å². The maximum absolute atomic E-state index is 12.4. The van der Waals surface area contributed by atoms with Crippen molar-refractivity contribution in [3.8, 4) is 0 Å². The number of likely N-dealkylation sites (N-methyl/N-ethyl adjacent to an activating group) is 1. The van der Waals surface area contributed by atoms with Crippen LogP contribution in [0.5, 0.6) is 0 Å². The van der Waals surface area contributed by atoms with Crippen molar-refractivity contribution in [3.63, 3.8) is 0 Å². The molecule has 0 aliphatic rings. The van der Waals surface area contributed by atoms with E-state index >= 15 is 0 Å². The second-order valence-electron chi connectivity index (χ2n) is 5.78. The summed E-state index contributed by atoms with van der Waals surface area (Å²) in [7, 11) is 0. The molecule has 6 nitrogen and oxygen atoms in total. The number of carbonyl (C=O) groups is 1. The molecule has 0 unspecified atom stereocenters. The number of aryl methyl sites for hydroxylation is 2. The fourth-order valence-corrected chi connectivity index (χ4v) is 2.63. The molecule has 1 amide bonds. The summed E-state index contributed by atoms with van der Waals surface area (Å²) in [6.07, 6.45) is 0.691. The van der Waals surface area contributed by atoms with Gasteiger partial charge in [-0.05, 0) is 44.5 Å². The lowest BCUT2D eigenvalue weighted by atomic mass is 10.2. The van der Waals surface area contributed by atoms with E-state index < -0.39 is 0 Å². The van der Waals surface area contributed by atoms with Crippen LogP contribution in [0.25, 0.3) is 11.0 Å². The van der Waals surface area contributed by atoms with E-state index in [0.29, 0.717) is 25.2 Å². The van der Waals surface area contributed by atoms with Crippen LogP contribution in [0, 0.1) is 13.8 Å². The fourth-order valence-electron chi connectivity index (χ4n) is 2.63. The van der Waals surface area contributed by atoms with Gasteiger partial charge in [0.15, 0.2) is 0 Å². The van der Waals surface area contributed by atoms with E-state index in [1.165, 1.54) is 5.56 Å². The van der Waals surface area contributed by atoms with Crippen molar-refractivity contribution in [2.75, 3.05) is 13.1 Å². The Kier molecular flexibility index (Phi) is 4.14. The Morgan fingerprint density at radius 3 is 2.78 bits per heavy atom. The standard InChI is InChI=1S/C17H21N5O/c1-4-22(17(23)15-10-12(3)20-21-15)8-7-16-18-13-6-5-11(2)9-14(13)19-16/h5-6,9-10H,4,7-8H2,1-3H3,(H,18,19)(H,20,21). The van der Waals surface area contributed by atoms with E-state index in [4.69, 9.17) is 0 Å². The van der Waals surface area contributed by atoms with Crippen LogP contribution in [0.4, 0.5) is 0 Å². The molecular formula is C17H21N5O. The summed E-state index contributed by atoms with van der Waals surface area (Å²) in [5.41, 5.74) is 4.55. The summed E-state index contributed by atoms with van der Waals surface area (Å²) in [6, 6.07) is 7.92. The van der Waals surface area contributed by atoms with E-state index in [-0.39, 0.29) is 5.91 Å². The van der Waals surface area contributed by atoms with E-state index in [2.05, 4.69) is 39.2 Å². The molecule has 3 aromatic rings. The zero-order valence-electron chi connectivity index (χ0n) is 13.7. The molecule has 2 N–H and O–H groups in total. The van der Waals surface area contributed by atoms with Gasteiger partial charge in [0.25, 0.3) is 5.91 Å². The summed E-state index contributed by atoms with van der Waals surface area (Å²) < 4.78 is 0. The zero-order chi connectivity index (χ0) is 16.4. The second kappa shape index (κ2) is 6.24. The van der Waals surface area contributed by atoms with Gasteiger partial charge < -0.3 is 9.88 Å². The molecule has 0 saturated heterocycles. The summed E-state index contributed by atoms with van der Waals surface area (Å²) in [4.78, 5) is 22.1. The highest BCUT2D eigenvalue weighted by atomic mass is 16.2. The number of H-pyrrole nitrogens is 2. The van der Waals surface area contributed by atoms with Crippen molar-refractivity contribution in [2.45, 2.75) is 27.2 Å². The van der Waals surface area contributed by atoms with Crippen molar-refractivity contribution >= 4 is 16.9 Å². The molecule has 2 aromatic heterocycles. The zero-order valence-corrected chi connectivity index (χ0v) is 13.7. The first-order valence-electron chi connectivity index (χ1n) is 7.83. The molecule has 23 heavy (non-hydrogen) atoms. The van der Waals surface area contributed by atoms with Crippen molar-refractivity contribution in [1.82, 2.24) is 25.1 Å². The molecule has 0 atom stereocenters. The van der Waals surface area contributed by atoms with Gasteiger partial charge in [0.1, 0.15) is 11.5 Å². The highest BCUT2D eigenvalue weighted by Crippen LogP contribution is 2.14. The highest BCUT2D eigenvalue weighted by molar-refractivity contribution is 5.92. The van der Waals surface area contributed by atoms with Crippen LogP contribution < -0.4 is 0 Å². The van der Waals surface area contributed by atoms with Crippen LogP contribution in [-0.2, 0) is 6.42 Å². The monoisotopic (exact) mass is 311 g/mol. The van der Waals surface area contributed by atoms with Gasteiger partial charge in [-0.3, -0.25) is 9.89 Å². The molecule has 1 aromatic carbocycles. The van der Waals surface area contributed by atoms with Crippen LogP contribution in [0.1, 0.15) is 34.5 Å². The van der Waals surface area contributed by atoms with E-state index in [0.717, 1.165) is 22.6 Å². The lowest BCUT2D eigenvalue weighted by Crippen LogP contribution is -2.33. The molecule has 0 bridgehead atoms. The van der Waals surface area contributed by atoms with Crippen molar-refractivity contribution in [3.05, 3.63) is 47.0 Å². The summed E-state index contributed by atoms with van der Waals surface area (Å²) >= 11 is 0. The van der Waals surface area contributed by atoms with Gasteiger partial charge >= 0.3 is 0 Å². The number of amides is 1. The number of benzene rings is 1. The third kappa shape index (κ3) is 3.26. The highest BCUT2D eigenvalue weighted by Gasteiger charge is 2.17. The maximum Gasteiger partial charge on any atom is 0.274 e. The number of rotatable bonds is 5. The largest absolute Gasteiger partial charge is 0.342 e. The molecule has 0 aliphatic carbocycles. The van der Waals surface area contributed by atoms with Crippen LogP contribution in [0.15, 0.2) is 24.3 Å². The van der Waals surface area contributed by atoms with E-state index in [1.54, 1.807) is 11.0 Å². The Bertz CT molecular complexity index is 832. The smallest absolute Gasteiger partial charge is 0.274 e. The number of aromatic amines is 2. The molecule has 0 aliphatic heterocycles. The molecule has 0 saturated carbocycles. The minimum Gasteiger partial charge on any atom is -0.342 e. The number of hydrogen-bond acceptors (Lipinski definition) is 3. The Balaban J connectivity index is 1.70. The Morgan fingerprint density at radius 2 is 2.09 bits per heavy atom. The first kappa shape index (κ1) is 15.3. The lowest BCUT2D eigenvalue weighted by molar-refractivity contribution is 0.0759. The van der Waals surface area contributed by atoms with Gasteiger partial charge in [0, 0.05) is 25.2 Å². The average molecular weight is 311 g/mol. The molecule has 0 spiro atoms. The normalized spacial score (nSPS) is 11.1. The number of fused-ring (bicyclic) bond motifs is 1. The molecule has 2 heterocycles. The Hall–Kier alpha value is -2.63. The lowest BCUT2D eigenvalue weighted by Gasteiger charge is -2.18. The van der Waals surface area contributed by atoms with Crippen molar-refractivity contribution in [1.29, 1.82) is 0 Å². The Morgan fingerprint density at radius 1 is 1.26 bits per heavy atom. The number of nitrogens with one attached hydrogen (secondary N) is 2. The van der Waals surface area contributed by atoms with E-state index in [1.807, 2.05) is 19.9 Å². The number of nitrogens with zero attached hydrogens (tertiary/aromatic N) is 3. The van der Waals surface area contributed by atoms with Gasteiger partial charge in [-0.15, -0.1) is 0 Å². The summed E-state index contributed by atoms with van der Waals surface area (Å²) in [6.45, 7) is 7.17. The predicted molar refractivity (Wildman–Crippen MR) is 89.4 cm³/mol. The van der Waals surface area contributed by atoms with Crippen LogP contribution in [0.2, 0.25) is 0 Å². The van der Waals surface area contributed by atoms with Crippen molar-refractivity contribution < 1.29 is 4.79 Å². The number of imidazole rings is 1. The second-order valence-corrected chi connectivity index (χ2v) is 5.78. The van der Waals surface area contributed by atoms with Crippen molar-refractivity contribution in [2.24, 2.45) is 0 Å². The number of carbonyl (C=O) groups excluding carboxylic acids is 1. The van der Waals surface area contributed by atoms with E-state index in [9.17, 15) is 4.79 Å². The van der Waals surface area contributed by atoms with Gasteiger partial charge in [0.05, 0.1) is 11.0 Å². The number of hydrogen-bond donors (Lipinski definition) is 2. The molecule has 3 rings (SSSR count). The summed E-state index contributed by atoms with van der Waals surface area (Å²) in [5, 5.41) is 6.85. The molecule has 120 valence electrons. The average Bonchev–Trinajstić information content (AvgIpc) is 3.13. The minimum atomic E-state index is -0.0520. The molecular weight excluding hydrogens is 290 g/mol. The molecule has 6 heteroatoms. The third-order valence-electron chi connectivity index (χ3n) is 3.90. The quantitative estimate of drug-likeness (QED) is 0.760. The van der Waals surface area contributed by atoms with Crippen LogP contribution in [0.3, 0.4) is 0 Å².